The fourth-order valence-corrected chi connectivity index (χ4v) is 2.07. The lowest BCUT2D eigenvalue weighted by Crippen LogP contribution is -2.44. The van der Waals surface area contributed by atoms with Gasteiger partial charge in [-0.3, -0.25) is 4.90 Å². The lowest BCUT2D eigenvalue weighted by atomic mass is 10.1. The molecule has 1 fully saturated rings. The lowest BCUT2D eigenvalue weighted by Gasteiger charge is -2.32. The molecule has 1 aromatic carbocycles. The molecule has 1 aliphatic rings. The third-order valence-corrected chi connectivity index (χ3v) is 2.98. The van der Waals surface area contributed by atoms with Crippen molar-refractivity contribution < 1.29 is 9.53 Å². The minimum Gasteiger partial charge on any atom is -0.449 e. The molecule has 1 heterocycles. The topological polar surface area (TPSA) is 29.5 Å². The highest BCUT2D eigenvalue weighted by molar-refractivity contribution is 9.10. The summed E-state index contributed by atoms with van der Waals surface area (Å²) in [5, 5.41) is 0. The molecule has 15 heavy (non-hydrogen) atoms. The number of amides is 1. The minimum absolute atomic E-state index is 0.195. The molecule has 80 valence electrons. The van der Waals surface area contributed by atoms with Gasteiger partial charge in [-0.2, -0.15) is 0 Å². The first kappa shape index (κ1) is 10.5. The van der Waals surface area contributed by atoms with Gasteiger partial charge in [0.05, 0.1) is 6.61 Å². The molecule has 0 aliphatic carbocycles. The van der Waals surface area contributed by atoms with Gasteiger partial charge >= 0.3 is 6.09 Å². The van der Waals surface area contributed by atoms with E-state index in [0.29, 0.717) is 6.61 Å². The van der Waals surface area contributed by atoms with E-state index in [9.17, 15) is 4.79 Å². The minimum atomic E-state index is -0.258. The van der Waals surface area contributed by atoms with Gasteiger partial charge in [-0.25, -0.2) is 4.79 Å². The molecule has 0 saturated carbocycles. The highest BCUT2D eigenvalue weighted by Crippen LogP contribution is 2.25. The van der Waals surface area contributed by atoms with Gasteiger partial charge in [-0.05, 0) is 25.1 Å². The molecule has 1 atom stereocenters. The quantitative estimate of drug-likeness (QED) is 0.784. The normalized spacial score (nSPS) is 21.3. The number of halogens is 1. The fourth-order valence-electron chi connectivity index (χ4n) is 1.68. The number of ether oxygens (including phenoxy) is 1. The predicted octanol–water partition coefficient (Wildman–Crippen LogP) is 3.18. The summed E-state index contributed by atoms with van der Waals surface area (Å²) in [6.07, 6.45) is 0.616. The van der Waals surface area contributed by atoms with Crippen LogP contribution in [0.3, 0.4) is 0 Å². The third-order valence-electron chi connectivity index (χ3n) is 2.49. The Morgan fingerprint density at radius 3 is 3.00 bits per heavy atom. The number of carbonyl (C=O) groups is 1. The van der Waals surface area contributed by atoms with Gasteiger partial charge in [-0.1, -0.05) is 22.0 Å². The largest absolute Gasteiger partial charge is 0.449 e. The number of hydrogen-bond acceptors (Lipinski definition) is 2. The summed E-state index contributed by atoms with van der Waals surface area (Å²) in [6.45, 7) is 2.55. The first-order valence-corrected chi connectivity index (χ1v) is 5.69. The van der Waals surface area contributed by atoms with E-state index < -0.39 is 0 Å². The number of anilines is 1. The number of hydrogen-bond donors (Lipinski definition) is 0. The highest BCUT2D eigenvalue weighted by atomic mass is 79.9. The van der Waals surface area contributed by atoms with E-state index >= 15 is 0 Å². The van der Waals surface area contributed by atoms with Crippen LogP contribution in [-0.2, 0) is 4.74 Å². The Morgan fingerprint density at radius 1 is 1.53 bits per heavy atom. The maximum Gasteiger partial charge on any atom is 0.414 e. The van der Waals surface area contributed by atoms with Crippen LogP contribution >= 0.6 is 15.9 Å². The fraction of sp³-hybridized carbons (Fsp3) is 0.364. The Kier molecular flexibility index (Phi) is 2.95. The van der Waals surface area contributed by atoms with Gasteiger partial charge in [-0.15, -0.1) is 0 Å². The molecular formula is C11H12BrNO2. The van der Waals surface area contributed by atoms with Gasteiger partial charge in [0.25, 0.3) is 0 Å². The summed E-state index contributed by atoms with van der Waals surface area (Å²) in [6, 6.07) is 7.87. The van der Waals surface area contributed by atoms with Crippen LogP contribution in [0.15, 0.2) is 28.7 Å². The molecule has 0 bridgehead atoms. The molecule has 4 heteroatoms. The van der Waals surface area contributed by atoms with Crippen LogP contribution in [0.1, 0.15) is 13.3 Å². The van der Waals surface area contributed by atoms with E-state index in [4.69, 9.17) is 4.74 Å². The standard InChI is InChI=1S/C11H12BrNO2/c1-8-5-6-15-11(14)13(8)10-4-2-3-9(12)7-10/h2-4,7-8H,5-6H2,1H3. The zero-order valence-electron chi connectivity index (χ0n) is 8.44. The van der Waals surface area contributed by atoms with Crippen molar-refractivity contribution in [2.45, 2.75) is 19.4 Å². The molecular weight excluding hydrogens is 258 g/mol. The van der Waals surface area contributed by atoms with Crippen LogP contribution in [0.4, 0.5) is 10.5 Å². The van der Waals surface area contributed by atoms with Gasteiger partial charge in [0.2, 0.25) is 0 Å². The smallest absolute Gasteiger partial charge is 0.414 e. The summed E-state index contributed by atoms with van der Waals surface area (Å²) in [7, 11) is 0. The third kappa shape index (κ3) is 2.15. The Hall–Kier alpha value is -1.03. The SMILES string of the molecule is CC1CCOC(=O)N1c1cccc(Br)c1. The van der Waals surface area contributed by atoms with E-state index in [2.05, 4.69) is 15.9 Å². The number of cyclic esters (lactones) is 1. The molecule has 1 aromatic rings. The van der Waals surface area contributed by atoms with Crippen LogP contribution in [0.25, 0.3) is 0 Å². The van der Waals surface area contributed by atoms with E-state index in [0.717, 1.165) is 16.6 Å². The van der Waals surface area contributed by atoms with E-state index in [1.807, 2.05) is 31.2 Å². The van der Waals surface area contributed by atoms with Crippen LogP contribution < -0.4 is 4.90 Å². The molecule has 0 spiro atoms. The average Bonchev–Trinajstić information content (AvgIpc) is 2.17. The van der Waals surface area contributed by atoms with Crippen LogP contribution in [-0.4, -0.2) is 18.7 Å². The molecule has 3 nitrogen and oxygen atoms in total. The maximum absolute atomic E-state index is 11.6. The van der Waals surface area contributed by atoms with Gasteiger partial charge < -0.3 is 4.74 Å². The van der Waals surface area contributed by atoms with Crippen LogP contribution in [0.2, 0.25) is 0 Å². The van der Waals surface area contributed by atoms with Crippen molar-refractivity contribution in [1.29, 1.82) is 0 Å². The highest BCUT2D eigenvalue weighted by Gasteiger charge is 2.27. The van der Waals surface area contributed by atoms with Crippen molar-refractivity contribution in [2.75, 3.05) is 11.5 Å². The van der Waals surface area contributed by atoms with Crippen molar-refractivity contribution in [1.82, 2.24) is 0 Å². The van der Waals surface area contributed by atoms with Crippen molar-refractivity contribution in [2.24, 2.45) is 0 Å². The Bertz CT molecular complexity index is 381. The number of rotatable bonds is 1. The molecule has 0 aromatic heterocycles. The second-order valence-electron chi connectivity index (χ2n) is 3.60. The Labute approximate surface area is 97.2 Å². The van der Waals surface area contributed by atoms with E-state index in [1.165, 1.54) is 0 Å². The second kappa shape index (κ2) is 4.23. The number of benzene rings is 1. The predicted molar refractivity (Wildman–Crippen MR) is 62.0 cm³/mol. The number of carbonyl (C=O) groups excluding carboxylic acids is 1. The van der Waals surface area contributed by atoms with Crippen molar-refractivity contribution in [3.8, 4) is 0 Å². The van der Waals surface area contributed by atoms with Gasteiger partial charge in [0.15, 0.2) is 0 Å². The second-order valence-corrected chi connectivity index (χ2v) is 4.52. The molecule has 1 amide bonds. The summed E-state index contributed by atoms with van der Waals surface area (Å²) in [5.74, 6) is 0. The van der Waals surface area contributed by atoms with Crippen molar-refractivity contribution in [3.05, 3.63) is 28.7 Å². The summed E-state index contributed by atoms with van der Waals surface area (Å²) in [4.78, 5) is 13.3. The first-order chi connectivity index (χ1) is 7.18. The van der Waals surface area contributed by atoms with Crippen LogP contribution in [0.5, 0.6) is 0 Å². The zero-order valence-corrected chi connectivity index (χ0v) is 10.0. The maximum atomic E-state index is 11.6. The molecule has 0 radical (unpaired) electrons. The van der Waals surface area contributed by atoms with E-state index in [-0.39, 0.29) is 12.1 Å². The zero-order chi connectivity index (χ0) is 10.8. The average molecular weight is 270 g/mol. The molecule has 1 aliphatic heterocycles. The van der Waals surface area contributed by atoms with Gasteiger partial charge in [0.1, 0.15) is 0 Å². The summed E-state index contributed by atoms with van der Waals surface area (Å²) >= 11 is 3.39. The summed E-state index contributed by atoms with van der Waals surface area (Å²) in [5.41, 5.74) is 0.876. The molecule has 1 saturated heterocycles. The monoisotopic (exact) mass is 269 g/mol. The van der Waals surface area contributed by atoms with E-state index in [1.54, 1.807) is 4.90 Å². The summed E-state index contributed by atoms with van der Waals surface area (Å²) < 4.78 is 5.99. The van der Waals surface area contributed by atoms with Gasteiger partial charge in [0, 0.05) is 22.6 Å². The van der Waals surface area contributed by atoms with Crippen molar-refractivity contribution >= 4 is 27.7 Å². The number of nitrogens with zero attached hydrogens (tertiary/aromatic N) is 1. The molecule has 2 rings (SSSR count). The molecule has 1 unspecified atom stereocenters. The van der Waals surface area contributed by atoms with Crippen molar-refractivity contribution in [3.63, 3.8) is 0 Å². The lowest BCUT2D eigenvalue weighted by molar-refractivity contribution is 0.131. The Morgan fingerprint density at radius 2 is 2.33 bits per heavy atom. The molecule has 0 N–H and O–H groups in total. The first-order valence-electron chi connectivity index (χ1n) is 4.90. The van der Waals surface area contributed by atoms with Crippen LogP contribution in [0, 0.1) is 0 Å². The Balaban J connectivity index is 2.31.